The Hall–Kier alpha value is -2.17. The lowest BCUT2D eigenvalue weighted by molar-refractivity contribution is -0.118. The van der Waals surface area contributed by atoms with Gasteiger partial charge in [-0.3, -0.25) is 14.7 Å². The first-order chi connectivity index (χ1) is 8.65. The van der Waals surface area contributed by atoms with Crippen LogP contribution in [0.25, 0.3) is 11.3 Å². The molecule has 2 rings (SSSR count). The molecule has 0 bridgehead atoms. The van der Waals surface area contributed by atoms with Gasteiger partial charge in [0.05, 0.1) is 11.9 Å². The van der Waals surface area contributed by atoms with Crippen LogP contribution in [0.2, 0.25) is 0 Å². The van der Waals surface area contributed by atoms with Crippen molar-refractivity contribution < 1.29 is 4.79 Å². The summed E-state index contributed by atoms with van der Waals surface area (Å²) in [7, 11) is 3.64. The van der Waals surface area contributed by atoms with Gasteiger partial charge in [0.25, 0.3) is 0 Å². The Kier molecular flexibility index (Phi) is 3.41. The van der Waals surface area contributed by atoms with Crippen molar-refractivity contribution in [3.8, 4) is 11.3 Å². The Balaban J connectivity index is 2.38. The number of hydrogen-bond donors (Lipinski definition) is 0. The molecule has 2 heterocycles. The third-order valence-electron chi connectivity index (χ3n) is 2.92. The van der Waals surface area contributed by atoms with Gasteiger partial charge in [0.2, 0.25) is 11.9 Å². The van der Waals surface area contributed by atoms with E-state index < -0.39 is 0 Å². The van der Waals surface area contributed by atoms with Gasteiger partial charge in [-0.1, -0.05) is 6.92 Å². The highest BCUT2D eigenvalue weighted by molar-refractivity contribution is 5.91. The van der Waals surface area contributed by atoms with Gasteiger partial charge in [-0.15, -0.1) is 0 Å². The Morgan fingerprint density at radius 2 is 2.06 bits per heavy atom. The zero-order valence-corrected chi connectivity index (χ0v) is 10.8. The van der Waals surface area contributed by atoms with Gasteiger partial charge in [0, 0.05) is 38.5 Å². The molecule has 0 aliphatic heterocycles. The average molecular weight is 244 g/mol. The molecule has 18 heavy (non-hydrogen) atoms. The molecule has 0 saturated heterocycles. The molecule has 0 unspecified atom stereocenters. The highest BCUT2D eigenvalue weighted by Gasteiger charge is 2.16. The molecule has 0 fully saturated rings. The number of imidazole rings is 1. The van der Waals surface area contributed by atoms with Crippen molar-refractivity contribution in [1.29, 1.82) is 0 Å². The molecule has 1 amide bonds. The zero-order valence-electron chi connectivity index (χ0n) is 10.8. The molecule has 0 saturated carbocycles. The molecule has 0 aliphatic rings. The van der Waals surface area contributed by atoms with Gasteiger partial charge in [0.15, 0.2) is 0 Å². The van der Waals surface area contributed by atoms with Gasteiger partial charge in [-0.25, -0.2) is 4.98 Å². The maximum absolute atomic E-state index is 11.7. The number of pyridine rings is 1. The summed E-state index contributed by atoms with van der Waals surface area (Å²) in [4.78, 5) is 21.5. The third kappa shape index (κ3) is 2.11. The van der Waals surface area contributed by atoms with Crippen molar-refractivity contribution in [3.63, 3.8) is 0 Å². The highest BCUT2D eigenvalue weighted by atomic mass is 16.2. The summed E-state index contributed by atoms with van der Waals surface area (Å²) in [6, 6.07) is 3.84. The number of nitrogens with zero attached hydrogens (tertiary/aromatic N) is 4. The molecule has 0 spiro atoms. The Morgan fingerprint density at radius 3 is 2.67 bits per heavy atom. The van der Waals surface area contributed by atoms with E-state index in [1.165, 1.54) is 0 Å². The Bertz CT molecular complexity index is 547. The van der Waals surface area contributed by atoms with Crippen molar-refractivity contribution in [3.05, 3.63) is 30.7 Å². The van der Waals surface area contributed by atoms with E-state index >= 15 is 0 Å². The summed E-state index contributed by atoms with van der Waals surface area (Å²) in [6.07, 6.45) is 5.71. The van der Waals surface area contributed by atoms with E-state index in [2.05, 4.69) is 9.97 Å². The number of rotatable bonds is 3. The van der Waals surface area contributed by atoms with Crippen molar-refractivity contribution in [2.75, 3.05) is 11.9 Å². The van der Waals surface area contributed by atoms with E-state index in [1.54, 1.807) is 30.5 Å². The smallest absolute Gasteiger partial charge is 0.228 e. The molecular formula is C13H16N4O. The number of hydrogen-bond acceptors (Lipinski definition) is 3. The van der Waals surface area contributed by atoms with Crippen LogP contribution in [0, 0.1) is 0 Å². The molecule has 0 aliphatic carbocycles. The van der Waals surface area contributed by atoms with Gasteiger partial charge in [-0.05, 0) is 12.1 Å². The topological polar surface area (TPSA) is 51.0 Å². The number of anilines is 1. The van der Waals surface area contributed by atoms with E-state index in [-0.39, 0.29) is 5.91 Å². The van der Waals surface area contributed by atoms with Crippen molar-refractivity contribution in [2.24, 2.45) is 7.05 Å². The number of aromatic nitrogens is 3. The molecule has 5 heteroatoms. The highest BCUT2D eigenvalue weighted by Crippen LogP contribution is 2.22. The lowest BCUT2D eigenvalue weighted by Crippen LogP contribution is -2.27. The predicted octanol–water partition coefficient (Wildman–Crippen LogP) is 1.85. The average Bonchev–Trinajstić information content (AvgIpc) is 2.80. The van der Waals surface area contributed by atoms with Crippen LogP contribution in [0.1, 0.15) is 13.3 Å². The van der Waals surface area contributed by atoms with Gasteiger partial charge < -0.3 is 4.57 Å². The first kappa shape index (κ1) is 12.3. The summed E-state index contributed by atoms with van der Waals surface area (Å²) in [5.74, 6) is 0.693. The minimum atomic E-state index is 0.0463. The fourth-order valence-electron chi connectivity index (χ4n) is 1.85. The first-order valence-corrected chi connectivity index (χ1v) is 5.83. The lowest BCUT2D eigenvalue weighted by atomic mass is 10.2. The van der Waals surface area contributed by atoms with Crippen molar-refractivity contribution in [2.45, 2.75) is 13.3 Å². The van der Waals surface area contributed by atoms with E-state index in [1.807, 2.05) is 30.7 Å². The molecule has 5 nitrogen and oxygen atoms in total. The predicted molar refractivity (Wildman–Crippen MR) is 70.1 cm³/mol. The minimum Gasteiger partial charge on any atom is -0.313 e. The normalized spacial score (nSPS) is 10.4. The van der Waals surface area contributed by atoms with Crippen LogP contribution in [-0.4, -0.2) is 27.5 Å². The fourth-order valence-corrected chi connectivity index (χ4v) is 1.85. The summed E-state index contributed by atoms with van der Waals surface area (Å²) >= 11 is 0. The molecule has 0 N–H and O–H groups in total. The zero-order chi connectivity index (χ0) is 13.1. The second-order valence-corrected chi connectivity index (χ2v) is 4.04. The number of carbonyl (C=O) groups excluding carboxylic acids is 1. The molecule has 2 aromatic rings. The van der Waals surface area contributed by atoms with Crippen molar-refractivity contribution in [1.82, 2.24) is 14.5 Å². The van der Waals surface area contributed by atoms with E-state index in [9.17, 15) is 4.79 Å². The largest absolute Gasteiger partial charge is 0.313 e. The van der Waals surface area contributed by atoms with Gasteiger partial charge >= 0.3 is 0 Å². The molecule has 0 radical (unpaired) electrons. The van der Waals surface area contributed by atoms with Gasteiger partial charge in [0.1, 0.15) is 0 Å². The van der Waals surface area contributed by atoms with Crippen LogP contribution in [0.5, 0.6) is 0 Å². The second-order valence-electron chi connectivity index (χ2n) is 4.04. The van der Waals surface area contributed by atoms with E-state index in [4.69, 9.17) is 0 Å². The van der Waals surface area contributed by atoms with Crippen molar-refractivity contribution >= 4 is 11.9 Å². The summed E-state index contributed by atoms with van der Waals surface area (Å²) < 4.78 is 1.91. The van der Waals surface area contributed by atoms with Crippen LogP contribution in [0.4, 0.5) is 5.95 Å². The first-order valence-electron chi connectivity index (χ1n) is 5.83. The van der Waals surface area contributed by atoms with Crippen LogP contribution in [0.15, 0.2) is 30.7 Å². The maximum atomic E-state index is 11.7. The molecule has 0 aromatic carbocycles. The third-order valence-corrected chi connectivity index (χ3v) is 2.92. The van der Waals surface area contributed by atoms with Crippen LogP contribution < -0.4 is 4.90 Å². The molecule has 2 aromatic heterocycles. The number of amides is 1. The maximum Gasteiger partial charge on any atom is 0.228 e. The standard InChI is InChI=1S/C13H16N4O/c1-4-12(18)17(3)13-15-9-11(16(13)2)10-5-7-14-8-6-10/h5-9H,4H2,1-3H3. The summed E-state index contributed by atoms with van der Waals surface area (Å²) in [5.41, 5.74) is 1.99. The molecule has 0 atom stereocenters. The van der Waals surface area contributed by atoms with Crippen LogP contribution >= 0.6 is 0 Å². The van der Waals surface area contributed by atoms with E-state index in [0.717, 1.165) is 11.3 Å². The summed E-state index contributed by atoms with van der Waals surface area (Å²) in [6.45, 7) is 1.84. The van der Waals surface area contributed by atoms with Crippen LogP contribution in [-0.2, 0) is 11.8 Å². The monoisotopic (exact) mass is 244 g/mol. The Labute approximate surface area is 106 Å². The Morgan fingerprint density at radius 1 is 1.39 bits per heavy atom. The SMILES string of the molecule is CCC(=O)N(C)c1ncc(-c2ccncc2)n1C. The van der Waals surface area contributed by atoms with Gasteiger partial charge in [-0.2, -0.15) is 0 Å². The fraction of sp³-hybridized carbons (Fsp3) is 0.308. The van der Waals surface area contributed by atoms with E-state index in [0.29, 0.717) is 12.4 Å². The molecular weight excluding hydrogens is 228 g/mol. The summed E-state index contributed by atoms with van der Waals surface area (Å²) in [5, 5.41) is 0. The lowest BCUT2D eigenvalue weighted by Gasteiger charge is -2.16. The van der Waals surface area contributed by atoms with Crippen LogP contribution in [0.3, 0.4) is 0 Å². The number of carbonyl (C=O) groups is 1. The quantitative estimate of drug-likeness (QED) is 0.828. The minimum absolute atomic E-state index is 0.0463. The second kappa shape index (κ2) is 5.00. The molecule has 94 valence electrons.